The molecule has 0 aliphatic carbocycles. The van der Waals surface area contributed by atoms with E-state index in [9.17, 15) is 4.79 Å². The zero-order valence-corrected chi connectivity index (χ0v) is 14.9. The Hall–Kier alpha value is -2.01. The van der Waals surface area contributed by atoms with Gasteiger partial charge in [0.1, 0.15) is 11.4 Å². The molecule has 0 radical (unpaired) electrons. The van der Waals surface area contributed by atoms with Gasteiger partial charge in [-0.15, -0.1) is 0 Å². The van der Waals surface area contributed by atoms with Gasteiger partial charge in [-0.3, -0.25) is 9.48 Å². The van der Waals surface area contributed by atoms with E-state index < -0.39 is 0 Å². The maximum absolute atomic E-state index is 12.6. The number of aromatic nitrogens is 2. The fraction of sp³-hybridized carbons (Fsp3) is 0.444. The number of rotatable bonds is 3. The van der Waals surface area contributed by atoms with Crippen LogP contribution in [0.3, 0.4) is 0 Å². The standard InChI is InChI=1S/C18H22ClN3O2/c1-11(2)16-10-15(21-22(16)3)18(23)20-14-8-5-9-24-17-12(14)6-4-7-13(17)19/h4,6-7,10-11,14H,5,8-9H2,1-3H3,(H,20,23)/t14-/m0/s1. The highest BCUT2D eigenvalue weighted by Crippen LogP contribution is 2.37. The van der Waals surface area contributed by atoms with E-state index in [-0.39, 0.29) is 11.9 Å². The molecule has 1 aromatic carbocycles. The van der Waals surface area contributed by atoms with E-state index in [4.69, 9.17) is 16.3 Å². The zero-order chi connectivity index (χ0) is 17.3. The minimum Gasteiger partial charge on any atom is -0.492 e. The normalized spacial score (nSPS) is 17.1. The Labute approximate surface area is 147 Å². The van der Waals surface area contributed by atoms with Gasteiger partial charge in [0.25, 0.3) is 5.91 Å². The van der Waals surface area contributed by atoms with Gasteiger partial charge in [0.05, 0.1) is 17.7 Å². The van der Waals surface area contributed by atoms with Gasteiger partial charge in [0.15, 0.2) is 0 Å². The zero-order valence-electron chi connectivity index (χ0n) is 14.2. The van der Waals surface area contributed by atoms with Crippen LogP contribution in [-0.4, -0.2) is 22.3 Å². The third kappa shape index (κ3) is 3.26. The molecule has 128 valence electrons. The van der Waals surface area contributed by atoms with Crippen LogP contribution in [0.5, 0.6) is 5.75 Å². The Morgan fingerprint density at radius 2 is 2.25 bits per heavy atom. The molecule has 1 amide bonds. The average molecular weight is 348 g/mol. The van der Waals surface area contributed by atoms with Crippen LogP contribution in [-0.2, 0) is 7.05 Å². The number of nitrogens with zero attached hydrogens (tertiary/aromatic N) is 2. The molecule has 1 aromatic heterocycles. The molecule has 24 heavy (non-hydrogen) atoms. The molecule has 2 aromatic rings. The van der Waals surface area contributed by atoms with Crippen molar-refractivity contribution in [2.24, 2.45) is 7.05 Å². The maximum Gasteiger partial charge on any atom is 0.272 e. The molecule has 5 nitrogen and oxygen atoms in total. The van der Waals surface area contributed by atoms with Crippen molar-refractivity contribution in [2.45, 2.75) is 38.6 Å². The fourth-order valence-corrected chi connectivity index (χ4v) is 3.32. The number of halogens is 1. The summed E-state index contributed by atoms with van der Waals surface area (Å²) in [7, 11) is 1.86. The topological polar surface area (TPSA) is 56.1 Å². The van der Waals surface area contributed by atoms with Crippen LogP contribution in [0.2, 0.25) is 5.02 Å². The van der Waals surface area contributed by atoms with E-state index in [2.05, 4.69) is 24.3 Å². The first-order valence-corrected chi connectivity index (χ1v) is 8.61. The lowest BCUT2D eigenvalue weighted by Gasteiger charge is -2.18. The van der Waals surface area contributed by atoms with Gasteiger partial charge in [0, 0.05) is 18.3 Å². The molecule has 0 unspecified atom stereocenters. The second kappa shape index (κ2) is 6.85. The lowest BCUT2D eigenvalue weighted by Crippen LogP contribution is -2.28. The summed E-state index contributed by atoms with van der Waals surface area (Å²) in [5.74, 6) is 0.816. The van der Waals surface area contributed by atoms with Crippen LogP contribution >= 0.6 is 11.6 Å². The average Bonchev–Trinajstić information content (AvgIpc) is 2.81. The number of nitrogens with one attached hydrogen (secondary N) is 1. The first kappa shape index (κ1) is 16.8. The number of hydrogen-bond acceptors (Lipinski definition) is 3. The highest BCUT2D eigenvalue weighted by Gasteiger charge is 2.25. The molecule has 1 aliphatic rings. The molecule has 6 heteroatoms. The molecule has 0 fully saturated rings. The minimum absolute atomic E-state index is 0.127. The van der Waals surface area contributed by atoms with Crippen LogP contribution in [0.1, 0.15) is 60.4 Å². The van der Waals surface area contributed by atoms with Crippen LogP contribution in [0, 0.1) is 0 Å². The highest BCUT2D eigenvalue weighted by molar-refractivity contribution is 6.32. The van der Waals surface area contributed by atoms with Gasteiger partial charge >= 0.3 is 0 Å². The summed E-state index contributed by atoms with van der Waals surface area (Å²) in [5, 5.41) is 8.00. The van der Waals surface area contributed by atoms with Crippen molar-refractivity contribution in [1.82, 2.24) is 15.1 Å². The third-order valence-corrected chi connectivity index (χ3v) is 4.60. The second-order valence-corrected chi connectivity index (χ2v) is 6.81. The minimum atomic E-state index is -0.171. The summed E-state index contributed by atoms with van der Waals surface area (Å²) in [5.41, 5.74) is 2.40. The fourth-order valence-electron chi connectivity index (χ4n) is 3.08. The summed E-state index contributed by atoms with van der Waals surface area (Å²) in [4.78, 5) is 12.6. The lowest BCUT2D eigenvalue weighted by atomic mass is 10.0. The van der Waals surface area contributed by atoms with Crippen molar-refractivity contribution in [1.29, 1.82) is 0 Å². The van der Waals surface area contributed by atoms with Gasteiger partial charge < -0.3 is 10.1 Å². The van der Waals surface area contributed by atoms with Crippen LogP contribution in [0.15, 0.2) is 24.3 Å². The predicted molar refractivity (Wildman–Crippen MR) is 93.7 cm³/mol. The summed E-state index contributed by atoms with van der Waals surface area (Å²) in [6, 6.07) is 7.37. The Morgan fingerprint density at radius 1 is 1.46 bits per heavy atom. The van der Waals surface area contributed by atoms with E-state index in [1.807, 2.05) is 25.2 Å². The Kier molecular flexibility index (Phi) is 4.81. The van der Waals surface area contributed by atoms with Gasteiger partial charge in [0.2, 0.25) is 0 Å². The molecule has 0 saturated heterocycles. The Balaban J connectivity index is 1.85. The maximum atomic E-state index is 12.6. The molecular weight excluding hydrogens is 326 g/mol. The van der Waals surface area contributed by atoms with Crippen molar-refractivity contribution in [3.05, 3.63) is 46.2 Å². The highest BCUT2D eigenvalue weighted by atomic mass is 35.5. The van der Waals surface area contributed by atoms with Crippen molar-refractivity contribution >= 4 is 17.5 Å². The van der Waals surface area contributed by atoms with Gasteiger partial charge in [-0.1, -0.05) is 37.6 Å². The van der Waals surface area contributed by atoms with Crippen LogP contribution in [0.25, 0.3) is 0 Å². The largest absolute Gasteiger partial charge is 0.492 e. The number of aryl methyl sites for hydroxylation is 1. The summed E-state index contributed by atoms with van der Waals surface area (Å²) < 4.78 is 7.51. The Bertz CT molecular complexity index is 755. The molecule has 3 rings (SSSR count). The van der Waals surface area contributed by atoms with Crippen LogP contribution in [0.4, 0.5) is 0 Å². The number of amides is 1. The van der Waals surface area contributed by atoms with E-state index in [1.54, 1.807) is 10.7 Å². The first-order chi connectivity index (χ1) is 11.5. The number of ether oxygens (including phenoxy) is 1. The first-order valence-electron chi connectivity index (χ1n) is 8.23. The molecule has 1 atom stereocenters. The van der Waals surface area contributed by atoms with Gasteiger partial charge in [-0.05, 0) is 30.9 Å². The van der Waals surface area contributed by atoms with Gasteiger partial charge in [-0.2, -0.15) is 5.10 Å². The molecule has 0 bridgehead atoms. The van der Waals surface area contributed by atoms with E-state index in [0.29, 0.717) is 29.0 Å². The van der Waals surface area contributed by atoms with Crippen molar-refractivity contribution in [3.8, 4) is 5.75 Å². The summed E-state index contributed by atoms with van der Waals surface area (Å²) >= 11 is 6.24. The summed E-state index contributed by atoms with van der Waals surface area (Å²) in [6.07, 6.45) is 1.67. The quantitative estimate of drug-likeness (QED) is 0.917. The smallest absolute Gasteiger partial charge is 0.272 e. The lowest BCUT2D eigenvalue weighted by molar-refractivity contribution is 0.0929. The molecule has 0 saturated carbocycles. The predicted octanol–water partition coefficient (Wildman–Crippen LogP) is 3.84. The number of carbonyl (C=O) groups excluding carboxylic acids is 1. The van der Waals surface area contributed by atoms with Crippen LogP contribution < -0.4 is 10.1 Å². The van der Waals surface area contributed by atoms with E-state index in [1.165, 1.54) is 0 Å². The summed E-state index contributed by atoms with van der Waals surface area (Å²) in [6.45, 7) is 4.77. The SMILES string of the molecule is CC(C)c1cc(C(=O)N[C@H]2CCCOc3c(Cl)cccc32)nn1C. The number of hydrogen-bond donors (Lipinski definition) is 1. The number of fused-ring (bicyclic) bond motifs is 1. The monoisotopic (exact) mass is 347 g/mol. The number of para-hydroxylation sites is 1. The number of carbonyl (C=O) groups is 1. The molecule has 1 N–H and O–H groups in total. The number of benzene rings is 1. The molecule has 2 heterocycles. The molecular formula is C18H22ClN3O2. The molecule has 0 spiro atoms. The van der Waals surface area contributed by atoms with Crippen molar-refractivity contribution in [3.63, 3.8) is 0 Å². The Morgan fingerprint density at radius 3 is 2.96 bits per heavy atom. The van der Waals surface area contributed by atoms with E-state index >= 15 is 0 Å². The van der Waals surface area contributed by atoms with Crippen molar-refractivity contribution in [2.75, 3.05) is 6.61 Å². The van der Waals surface area contributed by atoms with E-state index in [0.717, 1.165) is 24.1 Å². The second-order valence-electron chi connectivity index (χ2n) is 6.41. The third-order valence-electron chi connectivity index (χ3n) is 4.30. The van der Waals surface area contributed by atoms with Gasteiger partial charge in [-0.25, -0.2) is 0 Å². The molecule has 1 aliphatic heterocycles. The van der Waals surface area contributed by atoms with Crippen molar-refractivity contribution < 1.29 is 9.53 Å².